The number of halogens is 1. The molecule has 1 aliphatic rings. The van der Waals surface area contributed by atoms with Crippen LogP contribution in [0.4, 0.5) is 0 Å². The summed E-state index contributed by atoms with van der Waals surface area (Å²) in [5.74, 6) is 1.23. The van der Waals surface area contributed by atoms with E-state index < -0.39 is 6.04 Å². The molecule has 1 fully saturated rings. The second kappa shape index (κ2) is 7.72. The number of methoxy groups -OCH3 is 1. The predicted molar refractivity (Wildman–Crippen MR) is 79.2 cm³/mol. The van der Waals surface area contributed by atoms with Crippen LogP contribution in [0.25, 0.3) is 0 Å². The zero-order valence-corrected chi connectivity index (χ0v) is 13.4. The molecule has 2 N–H and O–H groups in total. The van der Waals surface area contributed by atoms with Crippen molar-refractivity contribution >= 4 is 18.3 Å². The Balaban J connectivity index is 0.00000220. The minimum Gasteiger partial charge on any atom is -0.383 e. The first kappa shape index (κ1) is 17.9. The Kier molecular flexibility index (Phi) is 6.57. The van der Waals surface area contributed by atoms with E-state index in [2.05, 4.69) is 10.1 Å². The highest BCUT2D eigenvalue weighted by Gasteiger charge is 2.35. The lowest BCUT2D eigenvalue weighted by atomic mass is 10.2. The molecular formula is C13H23ClN4O3. The lowest BCUT2D eigenvalue weighted by molar-refractivity contribution is -0.134. The lowest BCUT2D eigenvalue weighted by Gasteiger charge is -2.25. The van der Waals surface area contributed by atoms with Gasteiger partial charge in [0.1, 0.15) is 6.04 Å². The van der Waals surface area contributed by atoms with E-state index in [1.165, 1.54) is 7.11 Å². The maximum Gasteiger partial charge on any atom is 0.242 e. The van der Waals surface area contributed by atoms with Crippen molar-refractivity contribution in [2.45, 2.75) is 44.7 Å². The zero-order valence-electron chi connectivity index (χ0n) is 12.6. The summed E-state index contributed by atoms with van der Waals surface area (Å²) in [5, 5.41) is 4.01. The molecule has 2 atom stereocenters. The third-order valence-corrected chi connectivity index (χ3v) is 3.45. The summed E-state index contributed by atoms with van der Waals surface area (Å²) in [4.78, 5) is 18.4. The van der Waals surface area contributed by atoms with Crippen LogP contribution in [0.15, 0.2) is 4.52 Å². The number of rotatable bonds is 5. The maximum absolute atomic E-state index is 12.3. The fourth-order valence-electron chi connectivity index (χ4n) is 2.38. The molecule has 21 heavy (non-hydrogen) atoms. The van der Waals surface area contributed by atoms with Gasteiger partial charge in [-0.2, -0.15) is 4.98 Å². The van der Waals surface area contributed by atoms with Crippen molar-refractivity contribution in [2.75, 3.05) is 20.3 Å². The molecule has 8 heteroatoms. The number of carbonyl (C=O) groups excluding carboxylic acids is 1. The van der Waals surface area contributed by atoms with Crippen molar-refractivity contribution in [3.05, 3.63) is 11.7 Å². The number of hydrogen-bond donors (Lipinski definition) is 1. The summed E-state index contributed by atoms with van der Waals surface area (Å²) in [6, 6.07) is -0.779. The third-order valence-electron chi connectivity index (χ3n) is 3.45. The SMILES string of the molecule is COCC(N)C(=O)N1CCCC1c1noc(C(C)C)n1.Cl. The van der Waals surface area contributed by atoms with E-state index in [0.717, 1.165) is 12.8 Å². The van der Waals surface area contributed by atoms with Gasteiger partial charge in [0.2, 0.25) is 11.8 Å². The Morgan fingerprint density at radius 1 is 1.57 bits per heavy atom. The number of carbonyl (C=O) groups is 1. The molecule has 0 aliphatic carbocycles. The van der Waals surface area contributed by atoms with Gasteiger partial charge in [-0.3, -0.25) is 4.79 Å². The zero-order chi connectivity index (χ0) is 14.7. The molecule has 1 aromatic rings. The fraction of sp³-hybridized carbons (Fsp3) is 0.769. The molecule has 0 radical (unpaired) electrons. The van der Waals surface area contributed by atoms with Crippen LogP contribution in [-0.4, -0.2) is 47.3 Å². The van der Waals surface area contributed by atoms with Gasteiger partial charge in [0.25, 0.3) is 0 Å². The van der Waals surface area contributed by atoms with Gasteiger partial charge in [-0.05, 0) is 12.8 Å². The number of nitrogens with two attached hydrogens (primary N) is 1. The smallest absolute Gasteiger partial charge is 0.242 e. The second-order valence-electron chi connectivity index (χ2n) is 5.40. The van der Waals surface area contributed by atoms with Crippen LogP contribution in [0, 0.1) is 0 Å². The van der Waals surface area contributed by atoms with Crippen LogP contribution in [0.3, 0.4) is 0 Å². The van der Waals surface area contributed by atoms with E-state index in [4.69, 9.17) is 15.0 Å². The first-order valence-electron chi connectivity index (χ1n) is 6.93. The van der Waals surface area contributed by atoms with Gasteiger partial charge in [-0.15, -0.1) is 12.4 Å². The Labute approximate surface area is 130 Å². The molecule has 7 nitrogen and oxygen atoms in total. The van der Waals surface area contributed by atoms with Crippen LogP contribution >= 0.6 is 12.4 Å². The Morgan fingerprint density at radius 3 is 2.86 bits per heavy atom. The van der Waals surface area contributed by atoms with Gasteiger partial charge in [-0.25, -0.2) is 0 Å². The highest BCUT2D eigenvalue weighted by Crippen LogP contribution is 2.31. The second-order valence-corrected chi connectivity index (χ2v) is 5.40. The van der Waals surface area contributed by atoms with E-state index in [1.54, 1.807) is 4.90 Å². The number of aromatic nitrogens is 2. The highest BCUT2D eigenvalue weighted by atomic mass is 35.5. The first-order chi connectivity index (χ1) is 9.54. The van der Waals surface area contributed by atoms with E-state index in [0.29, 0.717) is 18.3 Å². The number of likely N-dealkylation sites (tertiary alicyclic amines) is 1. The molecule has 1 saturated heterocycles. The average molecular weight is 319 g/mol. The average Bonchev–Trinajstić information content (AvgIpc) is 3.06. The van der Waals surface area contributed by atoms with E-state index in [-0.39, 0.29) is 36.9 Å². The van der Waals surface area contributed by atoms with Crippen LogP contribution in [0.1, 0.15) is 50.4 Å². The van der Waals surface area contributed by atoms with Crippen molar-refractivity contribution in [1.29, 1.82) is 0 Å². The third kappa shape index (κ3) is 3.93. The number of ether oxygens (including phenoxy) is 1. The molecule has 0 bridgehead atoms. The summed E-state index contributed by atoms with van der Waals surface area (Å²) in [6.45, 7) is 4.87. The van der Waals surface area contributed by atoms with Crippen molar-refractivity contribution in [3.8, 4) is 0 Å². The lowest BCUT2D eigenvalue weighted by Crippen LogP contribution is -2.45. The van der Waals surface area contributed by atoms with Gasteiger partial charge in [0, 0.05) is 19.6 Å². The van der Waals surface area contributed by atoms with Crippen molar-refractivity contribution in [2.24, 2.45) is 5.73 Å². The molecule has 0 saturated carbocycles. The van der Waals surface area contributed by atoms with Gasteiger partial charge in [0.15, 0.2) is 5.82 Å². The molecule has 1 aliphatic heterocycles. The van der Waals surface area contributed by atoms with E-state index >= 15 is 0 Å². The first-order valence-corrected chi connectivity index (χ1v) is 6.93. The number of amides is 1. The molecular weight excluding hydrogens is 296 g/mol. The molecule has 1 aromatic heterocycles. The van der Waals surface area contributed by atoms with Crippen LogP contribution in [0.2, 0.25) is 0 Å². The summed E-state index contributed by atoms with van der Waals surface area (Å²) < 4.78 is 10.2. The highest BCUT2D eigenvalue weighted by molar-refractivity contribution is 5.85. The predicted octanol–water partition coefficient (Wildman–Crippen LogP) is 1.25. The van der Waals surface area contributed by atoms with Crippen LogP contribution in [0.5, 0.6) is 0 Å². The van der Waals surface area contributed by atoms with Crippen molar-refractivity contribution < 1.29 is 14.1 Å². The molecule has 2 unspecified atom stereocenters. The van der Waals surface area contributed by atoms with Crippen molar-refractivity contribution in [1.82, 2.24) is 15.0 Å². The largest absolute Gasteiger partial charge is 0.383 e. The number of nitrogens with zero attached hydrogens (tertiary/aromatic N) is 3. The monoisotopic (exact) mass is 318 g/mol. The van der Waals surface area contributed by atoms with E-state index in [9.17, 15) is 4.79 Å². The quantitative estimate of drug-likeness (QED) is 0.878. The van der Waals surface area contributed by atoms with Crippen LogP contribution in [-0.2, 0) is 9.53 Å². The topological polar surface area (TPSA) is 94.5 Å². The molecule has 2 heterocycles. The minimum atomic E-state index is -0.642. The van der Waals surface area contributed by atoms with Crippen LogP contribution < -0.4 is 5.73 Å². The Hall–Kier alpha value is -1.18. The summed E-state index contributed by atoms with van der Waals surface area (Å²) in [7, 11) is 1.53. The summed E-state index contributed by atoms with van der Waals surface area (Å²) >= 11 is 0. The standard InChI is InChI=1S/C13H22N4O3.ClH/c1-8(2)12-15-11(16-20-12)10-5-4-6-17(10)13(18)9(14)7-19-3;/h8-10H,4-7,14H2,1-3H3;1H. The van der Waals surface area contributed by atoms with Crippen molar-refractivity contribution in [3.63, 3.8) is 0 Å². The normalized spacial score (nSPS) is 19.7. The molecule has 0 aromatic carbocycles. The Morgan fingerprint density at radius 2 is 2.29 bits per heavy atom. The fourth-order valence-corrected chi connectivity index (χ4v) is 2.38. The molecule has 120 valence electrons. The molecule has 1 amide bonds. The van der Waals surface area contributed by atoms with Gasteiger partial charge in [-0.1, -0.05) is 19.0 Å². The summed E-state index contributed by atoms with van der Waals surface area (Å²) in [5.41, 5.74) is 5.82. The van der Waals surface area contributed by atoms with E-state index in [1.807, 2.05) is 13.8 Å². The summed E-state index contributed by atoms with van der Waals surface area (Å²) in [6.07, 6.45) is 1.75. The molecule has 2 rings (SSSR count). The van der Waals surface area contributed by atoms with Gasteiger partial charge in [0.05, 0.1) is 12.6 Å². The van der Waals surface area contributed by atoms with Gasteiger partial charge >= 0.3 is 0 Å². The molecule has 0 spiro atoms. The number of hydrogen-bond acceptors (Lipinski definition) is 6. The van der Waals surface area contributed by atoms with Gasteiger partial charge < -0.3 is 19.9 Å². The maximum atomic E-state index is 12.3. The minimum absolute atomic E-state index is 0. The Bertz CT molecular complexity index is 466.